The smallest absolute Gasteiger partial charge is 0.255 e. The molecule has 7 heteroatoms. The minimum Gasteiger partial charge on any atom is -0.455 e. The monoisotopic (exact) mass is 490 g/mol. The number of amides is 1. The van der Waals surface area contributed by atoms with Crippen molar-refractivity contribution >= 4 is 32.6 Å². The lowest BCUT2D eigenvalue weighted by Gasteiger charge is -2.26. The molecular weight excluding hydrogens is 460 g/mol. The zero-order valence-electron chi connectivity index (χ0n) is 20.6. The highest BCUT2D eigenvalue weighted by Crippen LogP contribution is 2.41. The molecule has 1 N–H and O–H groups in total. The molecule has 0 fully saturated rings. The van der Waals surface area contributed by atoms with E-state index in [1.807, 2.05) is 81.4 Å². The highest BCUT2D eigenvalue weighted by atomic mass is 32.2. The lowest BCUT2D eigenvalue weighted by atomic mass is 9.98. The number of carbonyl (C=O) groups excluding carboxylic acids is 1. The molecule has 0 aliphatic carbocycles. The summed E-state index contributed by atoms with van der Waals surface area (Å²) in [7, 11) is -2.00. The van der Waals surface area contributed by atoms with Crippen LogP contribution in [0.2, 0.25) is 0 Å². The van der Waals surface area contributed by atoms with Gasteiger partial charge in [-0.15, -0.1) is 0 Å². The quantitative estimate of drug-likeness (QED) is 0.352. The number of hydrogen-bond donors (Lipinski definition) is 1. The molecule has 0 atom stereocenters. The maximum Gasteiger partial charge on any atom is 0.255 e. The highest BCUT2D eigenvalue weighted by Gasteiger charge is 2.27. The van der Waals surface area contributed by atoms with Crippen LogP contribution in [0, 0.1) is 12.8 Å². The largest absolute Gasteiger partial charge is 0.455 e. The van der Waals surface area contributed by atoms with Gasteiger partial charge in [0.25, 0.3) is 5.91 Å². The van der Waals surface area contributed by atoms with Crippen molar-refractivity contribution in [3.8, 4) is 22.5 Å². The molecule has 1 amide bonds. The van der Waals surface area contributed by atoms with Gasteiger partial charge in [-0.2, -0.15) is 0 Å². The Morgan fingerprint density at radius 3 is 2.23 bits per heavy atom. The van der Waals surface area contributed by atoms with Crippen molar-refractivity contribution in [1.82, 2.24) is 5.32 Å². The van der Waals surface area contributed by atoms with Crippen LogP contribution in [-0.4, -0.2) is 34.2 Å². The summed E-state index contributed by atoms with van der Waals surface area (Å²) < 4.78 is 33.5. The Labute approximate surface area is 206 Å². The Morgan fingerprint density at radius 2 is 1.66 bits per heavy atom. The summed E-state index contributed by atoms with van der Waals surface area (Å²) in [5.74, 6) is 0.281. The lowest BCUT2D eigenvalue weighted by molar-refractivity contribution is 0.0964. The number of furan rings is 1. The molecule has 3 aromatic carbocycles. The molecule has 1 heterocycles. The van der Waals surface area contributed by atoms with Crippen LogP contribution in [0.3, 0.4) is 0 Å². The molecule has 1 aromatic heterocycles. The van der Waals surface area contributed by atoms with Crippen LogP contribution >= 0.6 is 0 Å². The van der Waals surface area contributed by atoms with Crippen molar-refractivity contribution in [1.29, 1.82) is 0 Å². The third-order valence-corrected chi connectivity index (χ3v) is 7.01. The van der Waals surface area contributed by atoms with Crippen molar-refractivity contribution in [3.63, 3.8) is 0 Å². The van der Waals surface area contributed by atoms with Crippen molar-refractivity contribution in [2.24, 2.45) is 5.92 Å². The van der Waals surface area contributed by atoms with E-state index in [-0.39, 0.29) is 11.8 Å². The zero-order chi connectivity index (χ0) is 25.3. The van der Waals surface area contributed by atoms with Crippen LogP contribution < -0.4 is 9.62 Å². The van der Waals surface area contributed by atoms with Crippen molar-refractivity contribution in [2.75, 3.05) is 24.2 Å². The van der Waals surface area contributed by atoms with Crippen LogP contribution in [0.15, 0.2) is 71.1 Å². The van der Waals surface area contributed by atoms with Crippen LogP contribution in [0.5, 0.6) is 0 Å². The number of benzene rings is 3. The van der Waals surface area contributed by atoms with Gasteiger partial charge >= 0.3 is 0 Å². The van der Waals surface area contributed by atoms with Gasteiger partial charge in [0.15, 0.2) is 0 Å². The average Bonchev–Trinajstić information content (AvgIpc) is 3.20. The fourth-order valence-electron chi connectivity index (χ4n) is 4.19. The standard InChI is InChI=1S/C28H30N2O4S/c1-18(2)17-30(35(5,32)33)24-16-25-23(15-22(24)20-9-7-6-8-10-20)26(28(31)29-4)27(34-25)21-13-11-19(3)12-14-21/h6-16,18H,17H2,1-5H3,(H,29,31). The van der Waals surface area contributed by atoms with Crippen molar-refractivity contribution in [2.45, 2.75) is 20.8 Å². The minimum atomic E-state index is -3.58. The number of aryl methyl sites for hydroxylation is 1. The third kappa shape index (κ3) is 4.95. The molecule has 0 spiro atoms. The first-order chi connectivity index (χ1) is 16.6. The normalized spacial score (nSPS) is 11.7. The second-order valence-electron chi connectivity index (χ2n) is 9.17. The number of anilines is 1. The molecule has 182 valence electrons. The van der Waals surface area contributed by atoms with E-state index in [0.717, 1.165) is 16.7 Å². The fraction of sp³-hybridized carbons (Fsp3) is 0.250. The van der Waals surface area contributed by atoms with Crippen molar-refractivity contribution in [3.05, 3.63) is 77.9 Å². The summed E-state index contributed by atoms with van der Waals surface area (Å²) in [5, 5.41) is 3.35. The maximum absolute atomic E-state index is 13.0. The van der Waals surface area contributed by atoms with Crippen LogP contribution in [0.1, 0.15) is 29.8 Å². The fourth-order valence-corrected chi connectivity index (χ4v) is 5.27. The first-order valence-electron chi connectivity index (χ1n) is 11.5. The molecular formula is C28H30N2O4S. The number of fused-ring (bicyclic) bond motifs is 1. The number of carbonyl (C=O) groups is 1. The summed E-state index contributed by atoms with van der Waals surface area (Å²) in [5.41, 5.74) is 4.82. The molecule has 0 bridgehead atoms. The van der Waals surface area contributed by atoms with Gasteiger partial charge in [0.1, 0.15) is 11.3 Å². The van der Waals surface area contributed by atoms with E-state index in [1.54, 1.807) is 13.1 Å². The van der Waals surface area contributed by atoms with E-state index < -0.39 is 10.0 Å². The minimum absolute atomic E-state index is 0.102. The Kier molecular flexibility index (Phi) is 6.72. The van der Waals surface area contributed by atoms with Crippen LogP contribution in [0.25, 0.3) is 33.4 Å². The third-order valence-electron chi connectivity index (χ3n) is 5.86. The number of nitrogens with one attached hydrogen (secondary N) is 1. The van der Waals surface area contributed by atoms with Gasteiger partial charge in [-0.3, -0.25) is 9.10 Å². The lowest BCUT2D eigenvalue weighted by Crippen LogP contribution is -2.33. The van der Waals surface area contributed by atoms with Gasteiger partial charge in [-0.1, -0.05) is 74.0 Å². The van der Waals surface area contributed by atoms with E-state index in [1.165, 1.54) is 10.6 Å². The number of rotatable bonds is 7. The van der Waals surface area contributed by atoms with E-state index in [4.69, 9.17) is 4.42 Å². The maximum atomic E-state index is 13.0. The molecule has 35 heavy (non-hydrogen) atoms. The zero-order valence-corrected chi connectivity index (χ0v) is 21.4. The van der Waals surface area contributed by atoms with Gasteiger partial charge in [0.05, 0.1) is 17.5 Å². The van der Waals surface area contributed by atoms with E-state index >= 15 is 0 Å². The molecule has 0 aliphatic heterocycles. The van der Waals surface area contributed by atoms with Gasteiger partial charge < -0.3 is 9.73 Å². The summed E-state index contributed by atoms with van der Waals surface area (Å²) in [6.07, 6.45) is 1.21. The Morgan fingerprint density at radius 1 is 1.00 bits per heavy atom. The predicted molar refractivity (Wildman–Crippen MR) is 142 cm³/mol. The second-order valence-corrected chi connectivity index (χ2v) is 11.1. The van der Waals surface area contributed by atoms with Crippen LogP contribution in [-0.2, 0) is 10.0 Å². The number of sulfonamides is 1. The van der Waals surface area contributed by atoms with Crippen LogP contribution in [0.4, 0.5) is 5.69 Å². The van der Waals surface area contributed by atoms with Gasteiger partial charge in [-0.05, 0) is 24.5 Å². The molecule has 4 rings (SSSR count). The molecule has 0 aliphatic rings. The average molecular weight is 491 g/mol. The van der Waals surface area contributed by atoms with E-state index in [9.17, 15) is 13.2 Å². The first-order valence-corrected chi connectivity index (χ1v) is 13.4. The Bertz CT molecular complexity index is 1470. The molecule has 0 saturated heterocycles. The summed E-state index contributed by atoms with van der Waals surface area (Å²) >= 11 is 0. The summed E-state index contributed by atoms with van der Waals surface area (Å²) in [4.78, 5) is 13.0. The predicted octanol–water partition coefficient (Wildman–Crippen LogP) is 5.86. The number of nitrogens with zero attached hydrogens (tertiary/aromatic N) is 1. The topological polar surface area (TPSA) is 79.6 Å². The van der Waals surface area contributed by atoms with E-state index in [2.05, 4.69) is 5.32 Å². The first kappa shape index (κ1) is 24.5. The molecule has 0 saturated carbocycles. The molecule has 0 radical (unpaired) electrons. The number of hydrogen-bond acceptors (Lipinski definition) is 4. The Hall–Kier alpha value is -3.58. The molecule has 4 aromatic rings. The van der Waals surface area contributed by atoms with Gasteiger partial charge in [-0.25, -0.2) is 8.42 Å². The summed E-state index contributed by atoms with van der Waals surface area (Å²) in [6, 6.07) is 21.0. The molecule has 6 nitrogen and oxygen atoms in total. The van der Waals surface area contributed by atoms with Crippen molar-refractivity contribution < 1.29 is 17.6 Å². The van der Waals surface area contributed by atoms with Gasteiger partial charge in [0, 0.05) is 36.2 Å². The highest BCUT2D eigenvalue weighted by molar-refractivity contribution is 7.92. The summed E-state index contributed by atoms with van der Waals surface area (Å²) in [6.45, 7) is 6.27. The Balaban J connectivity index is 2.08. The second kappa shape index (κ2) is 9.58. The SMILES string of the molecule is CNC(=O)c1c(-c2ccc(C)cc2)oc2cc(N(CC(C)C)S(C)(=O)=O)c(-c3ccccc3)cc12. The van der Waals surface area contributed by atoms with E-state index in [0.29, 0.717) is 40.1 Å². The van der Waals surface area contributed by atoms with Gasteiger partial charge in [0.2, 0.25) is 10.0 Å². The molecule has 0 unspecified atom stereocenters.